The molecule has 0 amide bonds. The van der Waals surface area contributed by atoms with Gasteiger partial charge in [0.25, 0.3) is 0 Å². The van der Waals surface area contributed by atoms with Crippen LogP contribution in [0.25, 0.3) is 0 Å². The van der Waals surface area contributed by atoms with E-state index >= 15 is 0 Å². The summed E-state index contributed by atoms with van der Waals surface area (Å²) >= 11 is 0. The fourth-order valence-electron chi connectivity index (χ4n) is 0.823. The van der Waals surface area contributed by atoms with Crippen molar-refractivity contribution >= 4 is 0 Å². The Labute approximate surface area is 70.3 Å². The maximum absolute atomic E-state index is 5.07. The van der Waals surface area contributed by atoms with Crippen molar-refractivity contribution in [2.24, 2.45) is 0 Å². The monoisotopic (exact) mass is 149 g/mol. The molecule has 0 atom stereocenters. The van der Waals surface area contributed by atoms with E-state index in [2.05, 4.69) is 24.8 Å². The van der Waals surface area contributed by atoms with Crippen LogP contribution in [0.1, 0.15) is 39.0 Å². The Kier molecular flexibility index (Phi) is 8.64. The third-order valence-electron chi connectivity index (χ3n) is 1.46. The summed E-state index contributed by atoms with van der Waals surface area (Å²) in [4.78, 5) is 0. The number of unbranched alkanes of at least 4 members (excludes halogenated alkanes) is 3. The zero-order valence-corrected chi connectivity index (χ0v) is 7.34. The molecule has 0 aromatic carbocycles. The second-order valence-corrected chi connectivity index (χ2v) is 2.56. The van der Waals surface area contributed by atoms with E-state index in [1.165, 1.54) is 19.3 Å². The van der Waals surface area contributed by atoms with Gasteiger partial charge in [-0.15, -0.1) is 5.73 Å². The van der Waals surface area contributed by atoms with E-state index in [0.29, 0.717) is 0 Å². The maximum atomic E-state index is 5.07. The molecule has 0 rings (SSSR count). The Morgan fingerprint density at radius 1 is 1.18 bits per heavy atom. The molecule has 0 aliphatic carbocycles. The minimum atomic E-state index is 1.05. The number of rotatable bonds is 6. The van der Waals surface area contributed by atoms with Gasteiger partial charge in [-0.05, 0) is 38.3 Å². The molecule has 0 spiro atoms. The standard InChI is InChI=1S/C11H17/c1-3-5-7-9-11-10-8-6-4-2/h1,5,8,10H,4,6-7,9,11H2,2H3. The normalized spacial score (nSPS) is 9.91. The maximum Gasteiger partial charge on any atom is -0.0126 e. The molecule has 0 aliphatic heterocycles. The summed E-state index contributed by atoms with van der Waals surface area (Å²) in [5.74, 6) is 0. The van der Waals surface area contributed by atoms with Crippen molar-refractivity contribution in [3.63, 3.8) is 0 Å². The average Bonchev–Trinajstić information content (AvgIpc) is 2.03. The predicted molar refractivity (Wildman–Crippen MR) is 50.3 cm³/mol. The second kappa shape index (κ2) is 9.26. The smallest absolute Gasteiger partial charge is 0.0126 e. The molecule has 0 aromatic rings. The van der Waals surface area contributed by atoms with Gasteiger partial charge in [-0.25, -0.2) is 0 Å². The summed E-state index contributed by atoms with van der Waals surface area (Å²) in [6.07, 6.45) is 12.2. The first-order chi connectivity index (χ1) is 5.41. The van der Waals surface area contributed by atoms with Gasteiger partial charge in [0.1, 0.15) is 0 Å². The lowest BCUT2D eigenvalue weighted by Gasteiger charge is -1.88. The Morgan fingerprint density at radius 2 is 1.91 bits per heavy atom. The average molecular weight is 149 g/mol. The quantitative estimate of drug-likeness (QED) is 0.307. The van der Waals surface area contributed by atoms with Crippen LogP contribution in [0.15, 0.2) is 24.0 Å². The molecular formula is C11H17. The molecule has 1 radical (unpaired) electrons. The summed E-state index contributed by atoms with van der Waals surface area (Å²) in [6.45, 7) is 7.26. The van der Waals surface area contributed by atoms with E-state index < -0.39 is 0 Å². The van der Waals surface area contributed by atoms with Gasteiger partial charge in [0, 0.05) is 0 Å². The molecule has 61 valence electrons. The van der Waals surface area contributed by atoms with Gasteiger partial charge < -0.3 is 0 Å². The highest BCUT2D eigenvalue weighted by atomic mass is 13.8. The van der Waals surface area contributed by atoms with Gasteiger partial charge in [0.05, 0.1) is 0 Å². The van der Waals surface area contributed by atoms with Gasteiger partial charge in [-0.3, -0.25) is 0 Å². The molecule has 0 saturated heterocycles. The molecule has 0 aromatic heterocycles. The highest BCUT2D eigenvalue weighted by Crippen LogP contribution is 1.98. The van der Waals surface area contributed by atoms with Gasteiger partial charge in [-0.1, -0.05) is 25.5 Å². The second-order valence-electron chi connectivity index (χ2n) is 2.56. The summed E-state index contributed by atoms with van der Waals surface area (Å²) in [7, 11) is 0. The third-order valence-corrected chi connectivity index (χ3v) is 1.46. The topological polar surface area (TPSA) is 0 Å². The van der Waals surface area contributed by atoms with E-state index in [4.69, 9.17) is 6.58 Å². The highest BCUT2D eigenvalue weighted by molar-refractivity contribution is 4.82. The van der Waals surface area contributed by atoms with Crippen LogP contribution in [0, 0.1) is 6.58 Å². The first-order valence-electron chi connectivity index (χ1n) is 4.34. The summed E-state index contributed by atoms with van der Waals surface area (Å²) in [5, 5.41) is 0. The number of hydrogen-bond acceptors (Lipinski definition) is 0. The lowest BCUT2D eigenvalue weighted by atomic mass is 10.2. The van der Waals surface area contributed by atoms with E-state index in [9.17, 15) is 0 Å². The SMILES string of the molecule is [CH]=C=CCCCC=CCCC. The first kappa shape index (κ1) is 10.3. The molecular weight excluding hydrogens is 132 g/mol. The van der Waals surface area contributed by atoms with Gasteiger partial charge in [-0.2, -0.15) is 0 Å². The van der Waals surface area contributed by atoms with Crippen LogP contribution < -0.4 is 0 Å². The minimum absolute atomic E-state index is 1.05. The van der Waals surface area contributed by atoms with Crippen molar-refractivity contribution in [3.05, 3.63) is 30.5 Å². The van der Waals surface area contributed by atoms with Gasteiger partial charge in [0.15, 0.2) is 0 Å². The van der Waals surface area contributed by atoms with Gasteiger partial charge in [0.2, 0.25) is 0 Å². The van der Waals surface area contributed by atoms with Crippen LogP contribution in [-0.2, 0) is 0 Å². The molecule has 0 heteroatoms. The molecule has 11 heavy (non-hydrogen) atoms. The fourth-order valence-corrected chi connectivity index (χ4v) is 0.823. The zero-order chi connectivity index (χ0) is 8.36. The highest BCUT2D eigenvalue weighted by Gasteiger charge is 1.78. The summed E-state index contributed by atoms with van der Waals surface area (Å²) < 4.78 is 0. The van der Waals surface area contributed by atoms with Crippen molar-refractivity contribution < 1.29 is 0 Å². The zero-order valence-electron chi connectivity index (χ0n) is 7.34. The van der Waals surface area contributed by atoms with E-state index in [1.54, 1.807) is 0 Å². The molecule has 0 nitrogen and oxygen atoms in total. The van der Waals surface area contributed by atoms with Crippen LogP contribution in [-0.4, -0.2) is 0 Å². The van der Waals surface area contributed by atoms with Crippen molar-refractivity contribution in [1.82, 2.24) is 0 Å². The van der Waals surface area contributed by atoms with Crippen LogP contribution in [0.3, 0.4) is 0 Å². The van der Waals surface area contributed by atoms with Crippen molar-refractivity contribution in [2.75, 3.05) is 0 Å². The number of allylic oxidation sites excluding steroid dienone is 3. The Morgan fingerprint density at radius 3 is 2.55 bits per heavy atom. The fraction of sp³-hybridized carbons (Fsp3) is 0.545. The summed E-state index contributed by atoms with van der Waals surface area (Å²) in [5.41, 5.74) is 2.52. The van der Waals surface area contributed by atoms with Crippen LogP contribution in [0.5, 0.6) is 0 Å². The van der Waals surface area contributed by atoms with Crippen molar-refractivity contribution in [1.29, 1.82) is 0 Å². The molecule has 0 unspecified atom stereocenters. The molecule has 0 saturated carbocycles. The molecule has 0 N–H and O–H groups in total. The lowest BCUT2D eigenvalue weighted by Crippen LogP contribution is -1.68. The minimum Gasteiger partial charge on any atom is -0.125 e. The van der Waals surface area contributed by atoms with Crippen LogP contribution in [0.4, 0.5) is 0 Å². The summed E-state index contributed by atoms with van der Waals surface area (Å²) in [6, 6.07) is 0. The Balaban J connectivity index is 3.06. The van der Waals surface area contributed by atoms with Gasteiger partial charge >= 0.3 is 0 Å². The Hall–Kier alpha value is -0.740. The van der Waals surface area contributed by atoms with Crippen molar-refractivity contribution in [2.45, 2.75) is 39.0 Å². The molecule has 0 heterocycles. The third kappa shape index (κ3) is 9.26. The predicted octanol–water partition coefficient (Wildman–Crippen LogP) is 3.66. The van der Waals surface area contributed by atoms with E-state index in [0.717, 1.165) is 12.8 Å². The number of hydrogen-bond donors (Lipinski definition) is 0. The van der Waals surface area contributed by atoms with Crippen molar-refractivity contribution in [3.8, 4) is 0 Å². The van der Waals surface area contributed by atoms with E-state index in [-0.39, 0.29) is 0 Å². The molecule has 0 aliphatic rings. The van der Waals surface area contributed by atoms with Crippen LogP contribution in [0.2, 0.25) is 0 Å². The lowest BCUT2D eigenvalue weighted by molar-refractivity contribution is 0.859. The largest absolute Gasteiger partial charge is 0.125 e. The van der Waals surface area contributed by atoms with E-state index in [1.807, 2.05) is 6.08 Å². The Bertz CT molecular complexity index is 136. The first-order valence-corrected chi connectivity index (χ1v) is 4.34. The molecule has 0 bridgehead atoms. The van der Waals surface area contributed by atoms with Crippen LogP contribution >= 0.6 is 0 Å². The molecule has 0 fully saturated rings.